The fourth-order valence-electron chi connectivity index (χ4n) is 4.37. The van der Waals surface area contributed by atoms with E-state index in [-0.39, 0.29) is 29.7 Å². The average Bonchev–Trinajstić information content (AvgIpc) is 3.40. The molecule has 2 aromatic carbocycles. The van der Waals surface area contributed by atoms with Crippen LogP contribution in [0.1, 0.15) is 39.2 Å². The standard InChI is InChI=1S/C22H21N3O3/c26-13-7-8-15-17(10-13)21(25-22(15)27)20-16-5-1-2-6-18(16)24-19(20)12-23-11-14-4-3-9-28-14/h1-10,19-21,23-24,26H,11-12H2,(H,25,27). The second kappa shape index (κ2) is 6.73. The molecule has 3 unspecified atom stereocenters. The van der Waals surface area contributed by atoms with E-state index in [9.17, 15) is 9.90 Å². The van der Waals surface area contributed by atoms with Gasteiger partial charge in [-0.05, 0) is 47.5 Å². The van der Waals surface area contributed by atoms with E-state index < -0.39 is 0 Å². The Morgan fingerprint density at radius 2 is 1.93 bits per heavy atom. The number of hydrogen-bond acceptors (Lipinski definition) is 5. The van der Waals surface area contributed by atoms with Gasteiger partial charge >= 0.3 is 0 Å². The zero-order valence-electron chi connectivity index (χ0n) is 15.2. The number of furan rings is 1. The van der Waals surface area contributed by atoms with Crippen LogP contribution in [0.5, 0.6) is 5.75 Å². The molecule has 2 aliphatic rings. The van der Waals surface area contributed by atoms with Gasteiger partial charge in [-0.25, -0.2) is 0 Å². The van der Waals surface area contributed by atoms with Crippen LogP contribution in [0.4, 0.5) is 5.69 Å². The maximum Gasteiger partial charge on any atom is 0.252 e. The van der Waals surface area contributed by atoms with Crippen LogP contribution in [0.2, 0.25) is 0 Å². The second-order valence-electron chi connectivity index (χ2n) is 7.30. The Kier molecular flexibility index (Phi) is 4.06. The molecule has 3 atom stereocenters. The molecule has 0 spiro atoms. The minimum atomic E-state index is -0.193. The first-order valence-corrected chi connectivity index (χ1v) is 9.43. The van der Waals surface area contributed by atoms with Crippen molar-refractivity contribution in [2.45, 2.75) is 24.5 Å². The van der Waals surface area contributed by atoms with Crippen LogP contribution in [0, 0.1) is 0 Å². The Morgan fingerprint density at radius 3 is 2.79 bits per heavy atom. The van der Waals surface area contributed by atoms with Crippen LogP contribution < -0.4 is 16.0 Å². The molecule has 1 amide bonds. The van der Waals surface area contributed by atoms with E-state index in [0.29, 0.717) is 18.7 Å². The minimum Gasteiger partial charge on any atom is -0.508 e. The maximum absolute atomic E-state index is 12.5. The first-order valence-electron chi connectivity index (χ1n) is 9.43. The Bertz CT molecular complexity index is 1020. The van der Waals surface area contributed by atoms with Crippen molar-refractivity contribution in [3.8, 4) is 5.75 Å². The lowest BCUT2D eigenvalue weighted by atomic mass is 9.84. The molecule has 1 aromatic heterocycles. The van der Waals surface area contributed by atoms with Crippen LogP contribution in [-0.2, 0) is 6.54 Å². The predicted octanol–water partition coefficient (Wildman–Crippen LogP) is 3.14. The van der Waals surface area contributed by atoms with Gasteiger partial charge in [0, 0.05) is 29.8 Å². The molecule has 6 heteroatoms. The zero-order valence-corrected chi connectivity index (χ0v) is 15.2. The quantitative estimate of drug-likeness (QED) is 0.550. The van der Waals surface area contributed by atoms with E-state index in [2.05, 4.69) is 28.1 Å². The number of aromatic hydroxyl groups is 1. The van der Waals surface area contributed by atoms with Crippen molar-refractivity contribution in [3.63, 3.8) is 0 Å². The van der Waals surface area contributed by atoms with Gasteiger partial charge in [0.25, 0.3) is 5.91 Å². The normalized spacial score (nSPS) is 22.4. The number of carbonyl (C=O) groups excluding carboxylic acids is 1. The van der Waals surface area contributed by atoms with Crippen molar-refractivity contribution in [1.29, 1.82) is 0 Å². The molecule has 5 rings (SSSR count). The number of rotatable bonds is 5. The van der Waals surface area contributed by atoms with Crippen molar-refractivity contribution >= 4 is 11.6 Å². The number of nitrogens with one attached hydrogen (secondary N) is 3. The third-order valence-corrected chi connectivity index (χ3v) is 5.60. The lowest BCUT2D eigenvalue weighted by Crippen LogP contribution is -2.38. The second-order valence-corrected chi connectivity index (χ2v) is 7.30. The number of fused-ring (bicyclic) bond motifs is 2. The van der Waals surface area contributed by atoms with Crippen LogP contribution >= 0.6 is 0 Å². The minimum absolute atomic E-state index is 0.0484. The molecule has 6 nitrogen and oxygen atoms in total. The average molecular weight is 375 g/mol. The van der Waals surface area contributed by atoms with Gasteiger partial charge in [-0.3, -0.25) is 4.79 Å². The fraction of sp³-hybridized carbons (Fsp3) is 0.227. The molecule has 0 fully saturated rings. The number of carbonyl (C=O) groups is 1. The highest BCUT2D eigenvalue weighted by molar-refractivity contribution is 5.99. The molecular weight excluding hydrogens is 354 g/mol. The van der Waals surface area contributed by atoms with E-state index in [1.165, 1.54) is 5.56 Å². The van der Waals surface area contributed by atoms with Gasteiger partial charge in [0.15, 0.2) is 0 Å². The van der Waals surface area contributed by atoms with Crippen LogP contribution in [-0.4, -0.2) is 23.6 Å². The summed E-state index contributed by atoms with van der Waals surface area (Å²) in [5.74, 6) is 1.02. The van der Waals surface area contributed by atoms with Gasteiger partial charge in [-0.1, -0.05) is 18.2 Å². The van der Waals surface area contributed by atoms with Crippen molar-refractivity contribution in [2.24, 2.45) is 0 Å². The third-order valence-electron chi connectivity index (χ3n) is 5.60. The number of benzene rings is 2. The summed E-state index contributed by atoms with van der Waals surface area (Å²) in [6.45, 7) is 1.35. The molecule has 4 N–H and O–H groups in total. The number of hydrogen-bond donors (Lipinski definition) is 4. The van der Waals surface area contributed by atoms with Gasteiger partial charge in [0.05, 0.1) is 18.8 Å². The number of phenolic OH excluding ortho intramolecular Hbond substituents is 1. The maximum atomic E-state index is 12.5. The molecule has 2 aliphatic heterocycles. The molecule has 3 heterocycles. The van der Waals surface area contributed by atoms with Crippen molar-refractivity contribution in [3.05, 3.63) is 83.3 Å². The summed E-state index contributed by atoms with van der Waals surface area (Å²) in [4.78, 5) is 12.5. The molecule has 0 radical (unpaired) electrons. The Labute approximate surface area is 162 Å². The van der Waals surface area contributed by atoms with Crippen LogP contribution in [0.3, 0.4) is 0 Å². The SMILES string of the molecule is O=C1NC(C2c3ccccc3NC2CNCc2ccco2)c2cc(O)ccc21. The third kappa shape index (κ3) is 2.82. The summed E-state index contributed by atoms with van der Waals surface area (Å²) < 4.78 is 5.39. The smallest absolute Gasteiger partial charge is 0.252 e. The van der Waals surface area contributed by atoms with Gasteiger partial charge in [-0.2, -0.15) is 0 Å². The molecule has 3 aromatic rings. The largest absolute Gasteiger partial charge is 0.508 e. The van der Waals surface area contributed by atoms with Gasteiger partial charge in [0.1, 0.15) is 11.5 Å². The summed E-state index contributed by atoms with van der Waals surface area (Å²) in [5.41, 5.74) is 3.74. The molecule has 0 bridgehead atoms. The summed E-state index contributed by atoms with van der Waals surface area (Å²) in [7, 11) is 0. The predicted molar refractivity (Wildman–Crippen MR) is 105 cm³/mol. The zero-order chi connectivity index (χ0) is 19.1. The number of anilines is 1. The fourth-order valence-corrected chi connectivity index (χ4v) is 4.37. The first-order chi connectivity index (χ1) is 13.7. The van der Waals surface area contributed by atoms with E-state index in [1.807, 2.05) is 24.3 Å². The molecular formula is C22H21N3O3. The highest BCUT2D eigenvalue weighted by Gasteiger charge is 2.43. The molecule has 28 heavy (non-hydrogen) atoms. The van der Waals surface area contributed by atoms with E-state index in [0.717, 1.165) is 17.0 Å². The monoisotopic (exact) mass is 375 g/mol. The molecule has 0 saturated heterocycles. The van der Waals surface area contributed by atoms with Crippen LogP contribution in [0.25, 0.3) is 0 Å². The highest BCUT2D eigenvalue weighted by atomic mass is 16.3. The number of amides is 1. The highest BCUT2D eigenvalue weighted by Crippen LogP contribution is 2.46. The van der Waals surface area contributed by atoms with E-state index in [4.69, 9.17) is 4.42 Å². The molecule has 0 aliphatic carbocycles. The van der Waals surface area contributed by atoms with Crippen LogP contribution in [0.15, 0.2) is 65.3 Å². The lowest BCUT2D eigenvalue weighted by molar-refractivity contribution is 0.0951. The Hall–Kier alpha value is -3.25. The summed E-state index contributed by atoms with van der Waals surface area (Å²) in [6.07, 6.45) is 1.67. The summed E-state index contributed by atoms with van der Waals surface area (Å²) in [5, 5.41) is 20.1. The topological polar surface area (TPSA) is 86.5 Å². The van der Waals surface area contributed by atoms with Gasteiger partial charge in [-0.15, -0.1) is 0 Å². The Balaban J connectivity index is 1.44. The summed E-state index contributed by atoms with van der Waals surface area (Å²) in [6, 6.07) is 16.9. The van der Waals surface area contributed by atoms with Gasteiger partial charge < -0.3 is 25.5 Å². The molecule has 0 saturated carbocycles. The number of para-hydroxylation sites is 1. The Morgan fingerprint density at radius 1 is 1.04 bits per heavy atom. The molecule has 142 valence electrons. The lowest BCUT2D eigenvalue weighted by Gasteiger charge is -2.27. The van der Waals surface area contributed by atoms with Crippen molar-refractivity contribution in [2.75, 3.05) is 11.9 Å². The van der Waals surface area contributed by atoms with Crippen molar-refractivity contribution < 1.29 is 14.3 Å². The van der Waals surface area contributed by atoms with E-state index in [1.54, 1.807) is 24.5 Å². The van der Waals surface area contributed by atoms with Gasteiger partial charge in [0.2, 0.25) is 0 Å². The van der Waals surface area contributed by atoms with E-state index >= 15 is 0 Å². The summed E-state index contributed by atoms with van der Waals surface area (Å²) >= 11 is 0. The van der Waals surface area contributed by atoms with Crippen molar-refractivity contribution in [1.82, 2.24) is 10.6 Å². The first kappa shape index (κ1) is 16.9. The number of phenols is 1.